The van der Waals surface area contributed by atoms with Gasteiger partial charge in [-0.05, 0) is 44.1 Å². The Bertz CT molecular complexity index is 726. The number of nitrogens with zero attached hydrogens (tertiary/aromatic N) is 2. The Labute approximate surface area is 195 Å². The van der Waals surface area contributed by atoms with E-state index < -0.39 is 0 Å². The number of aryl methyl sites for hydroxylation is 1. The molecule has 0 N–H and O–H groups in total. The van der Waals surface area contributed by atoms with Crippen LogP contribution in [0.5, 0.6) is 5.75 Å². The van der Waals surface area contributed by atoms with Gasteiger partial charge in [0.2, 0.25) is 0 Å². The lowest BCUT2D eigenvalue weighted by Gasteiger charge is -2.06. The summed E-state index contributed by atoms with van der Waals surface area (Å²) in [5.74, 6) is 1.44. The highest BCUT2D eigenvalue weighted by molar-refractivity contribution is 5.55. The SMILES string of the molecule is CCCCCCCC=CCOc1cnc(-c2ccc(CCCCCOCCC)cc2)nc1. The number of benzene rings is 1. The molecule has 0 fully saturated rings. The molecule has 0 atom stereocenters. The third-order valence-electron chi connectivity index (χ3n) is 5.43. The lowest BCUT2D eigenvalue weighted by molar-refractivity contribution is 0.130. The minimum absolute atomic E-state index is 0.567. The predicted octanol–water partition coefficient (Wildman–Crippen LogP) is 7.58. The van der Waals surface area contributed by atoms with Gasteiger partial charge in [-0.25, -0.2) is 9.97 Å². The molecule has 0 bridgehead atoms. The average Bonchev–Trinajstić information content (AvgIpc) is 2.83. The molecule has 1 aromatic heterocycles. The Morgan fingerprint density at radius 2 is 1.50 bits per heavy atom. The van der Waals surface area contributed by atoms with Gasteiger partial charge in [0, 0.05) is 18.8 Å². The summed E-state index contributed by atoms with van der Waals surface area (Å²) >= 11 is 0. The summed E-state index contributed by atoms with van der Waals surface area (Å²) in [4.78, 5) is 8.94. The van der Waals surface area contributed by atoms with E-state index in [1.807, 2.05) is 0 Å². The van der Waals surface area contributed by atoms with Crippen molar-refractivity contribution in [2.24, 2.45) is 0 Å². The third-order valence-corrected chi connectivity index (χ3v) is 5.43. The number of allylic oxidation sites excluding steroid dienone is 1. The van der Waals surface area contributed by atoms with E-state index >= 15 is 0 Å². The zero-order chi connectivity index (χ0) is 22.7. The molecule has 0 spiro atoms. The van der Waals surface area contributed by atoms with Gasteiger partial charge >= 0.3 is 0 Å². The van der Waals surface area contributed by atoms with Crippen molar-refractivity contribution < 1.29 is 9.47 Å². The first-order valence-corrected chi connectivity index (χ1v) is 12.6. The van der Waals surface area contributed by atoms with Crippen LogP contribution < -0.4 is 4.74 Å². The maximum absolute atomic E-state index is 5.73. The average molecular weight is 439 g/mol. The Balaban J connectivity index is 1.64. The fourth-order valence-electron chi connectivity index (χ4n) is 3.51. The van der Waals surface area contributed by atoms with Crippen LogP contribution >= 0.6 is 0 Å². The van der Waals surface area contributed by atoms with Gasteiger partial charge in [-0.1, -0.05) is 82.4 Å². The highest BCUT2D eigenvalue weighted by Gasteiger charge is 2.03. The lowest BCUT2D eigenvalue weighted by atomic mass is 10.0. The summed E-state index contributed by atoms with van der Waals surface area (Å²) in [7, 11) is 0. The quantitative estimate of drug-likeness (QED) is 0.178. The molecule has 0 aliphatic heterocycles. The van der Waals surface area contributed by atoms with Gasteiger partial charge in [-0.2, -0.15) is 0 Å². The van der Waals surface area contributed by atoms with Crippen LogP contribution in [0.2, 0.25) is 0 Å². The Hall–Kier alpha value is -2.20. The zero-order valence-electron chi connectivity index (χ0n) is 20.2. The van der Waals surface area contributed by atoms with E-state index in [4.69, 9.17) is 9.47 Å². The van der Waals surface area contributed by atoms with E-state index in [0.29, 0.717) is 12.4 Å². The highest BCUT2D eigenvalue weighted by atomic mass is 16.5. The summed E-state index contributed by atoms with van der Waals surface area (Å²) in [6, 6.07) is 8.59. The van der Waals surface area contributed by atoms with Crippen molar-refractivity contribution in [2.75, 3.05) is 19.8 Å². The fraction of sp³-hybridized carbons (Fsp3) is 0.571. The molecular formula is C28H42N2O2. The Morgan fingerprint density at radius 3 is 2.25 bits per heavy atom. The first-order chi connectivity index (χ1) is 15.8. The summed E-state index contributed by atoms with van der Waals surface area (Å²) < 4.78 is 11.3. The van der Waals surface area contributed by atoms with E-state index in [1.54, 1.807) is 12.4 Å². The molecule has 4 nitrogen and oxygen atoms in total. The highest BCUT2D eigenvalue weighted by Crippen LogP contribution is 2.18. The largest absolute Gasteiger partial charge is 0.486 e. The van der Waals surface area contributed by atoms with Crippen LogP contribution in [0.3, 0.4) is 0 Å². The normalized spacial score (nSPS) is 11.3. The van der Waals surface area contributed by atoms with Crippen LogP contribution in [0.15, 0.2) is 48.8 Å². The molecule has 0 radical (unpaired) electrons. The third kappa shape index (κ3) is 11.4. The van der Waals surface area contributed by atoms with Gasteiger partial charge < -0.3 is 9.47 Å². The second-order valence-corrected chi connectivity index (χ2v) is 8.35. The van der Waals surface area contributed by atoms with Crippen LogP contribution in [-0.2, 0) is 11.2 Å². The van der Waals surface area contributed by atoms with Gasteiger partial charge in [0.1, 0.15) is 6.61 Å². The molecule has 176 valence electrons. The van der Waals surface area contributed by atoms with Crippen LogP contribution in [0.4, 0.5) is 0 Å². The molecule has 4 heteroatoms. The van der Waals surface area contributed by atoms with Crippen molar-refractivity contribution in [1.29, 1.82) is 0 Å². The topological polar surface area (TPSA) is 44.2 Å². The molecule has 1 heterocycles. The molecule has 0 unspecified atom stereocenters. The minimum Gasteiger partial charge on any atom is -0.486 e. The molecule has 0 saturated carbocycles. The standard InChI is InChI=1S/C28H42N2O2/c1-3-5-6-7-8-9-10-14-22-32-27-23-29-28(30-24-27)26-18-16-25(17-19-26)15-12-11-13-21-31-20-4-2/h10,14,16-19,23-24H,3-9,11-13,15,20-22H2,1-2H3. The van der Waals surface area contributed by atoms with Crippen LogP contribution in [0.1, 0.15) is 83.6 Å². The van der Waals surface area contributed by atoms with E-state index in [-0.39, 0.29) is 0 Å². The van der Waals surface area contributed by atoms with Crippen molar-refractivity contribution in [2.45, 2.75) is 84.5 Å². The molecule has 0 aliphatic rings. The number of aromatic nitrogens is 2. The lowest BCUT2D eigenvalue weighted by Crippen LogP contribution is -1.97. The maximum atomic E-state index is 5.73. The summed E-state index contributed by atoms with van der Waals surface area (Å²) in [6.45, 7) is 6.73. The van der Waals surface area contributed by atoms with Gasteiger partial charge in [0.25, 0.3) is 0 Å². The van der Waals surface area contributed by atoms with Crippen molar-refractivity contribution in [3.63, 3.8) is 0 Å². The number of rotatable bonds is 18. The second-order valence-electron chi connectivity index (χ2n) is 8.35. The van der Waals surface area contributed by atoms with E-state index in [0.717, 1.165) is 50.3 Å². The second kappa shape index (κ2) is 17.4. The smallest absolute Gasteiger partial charge is 0.159 e. The van der Waals surface area contributed by atoms with Gasteiger partial charge in [-0.3, -0.25) is 0 Å². The molecule has 0 saturated heterocycles. The predicted molar refractivity (Wildman–Crippen MR) is 134 cm³/mol. The first kappa shape index (κ1) is 26.1. The maximum Gasteiger partial charge on any atom is 0.159 e. The Morgan fingerprint density at radius 1 is 0.750 bits per heavy atom. The van der Waals surface area contributed by atoms with Gasteiger partial charge in [-0.15, -0.1) is 0 Å². The monoisotopic (exact) mass is 438 g/mol. The summed E-state index contributed by atoms with van der Waals surface area (Å²) in [5, 5.41) is 0. The fourth-order valence-corrected chi connectivity index (χ4v) is 3.51. The first-order valence-electron chi connectivity index (χ1n) is 12.6. The zero-order valence-corrected chi connectivity index (χ0v) is 20.2. The Kier molecular flexibility index (Phi) is 14.1. The number of hydrogen-bond donors (Lipinski definition) is 0. The molecule has 0 amide bonds. The summed E-state index contributed by atoms with van der Waals surface area (Å²) in [6.07, 6.45) is 21.3. The van der Waals surface area contributed by atoms with E-state index in [1.165, 1.54) is 50.5 Å². The molecule has 0 aliphatic carbocycles. The van der Waals surface area contributed by atoms with E-state index in [9.17, 15) is 0 Å². The summed E-state index contributed by atoms with van der Waals surface area (Å²) in [5.41, 5.74) is 2.40. The van der Waals surface area contributed by atoms with Crippen LogP contribution in [-0.4, -0.2) is 29.8 Å². The molecule has 2 aromatic rings. The molecule has 2 rings (SSSR count). The van der Waals surface area contributed by atoms with Crippen molar-refractivity contribution >= 4 is 0 Å². The molecule has 32 heavy (non-hydrogen) atoms. The molecular weight excluding hydrogens is 396 g/mol. The van der Waals surface area contributed by atoms with Crippen molar-refractivity contribution in [3.8, 4) is 17.1 Å². The van der Waals surface area contributed by atoms with Crippen molar-refractivity contribution in [1.82, 2.24) is 9.97 Å². The number of hydrogen-bond acceptors (Lipinski definition) is 4. The van der Waals surface area contributed by atoms with Crippen LogP contribution in [0, 0.1) is 0 Å². The van der Waals surface area contributed by atoms with Gasteiger partial charge in [0.05, 0.1) is 12.4 Å². The van der Waals surface area contributed by atoms with Crippen LogP contribution in [0.25, 0.3) is 11.4 Å². The molecule has 1 aromatic carbocycles. The number of ether oxygens (including phenoxy) is 2. The van der Waals surface area contributed by atoms with E-state index in [2.05, 4.69) is 60.2 Å². The minimum atomic E-state index is 0.567. The van der Waals surface area contributed by atoms with Crippen molar-refractivity contribution in [3.05, 3.63) is 54.4 Å². The van der Waals surface area contributed by atoms with Gasteiger partial charge in [0.15, 0.2) is 11.6 Å². The number of unbranched alkanes of at least 4 members (excludes halogenated alkanes) is 7.